The summed E-state index contributed by atoms with van der Waals surface area (Å²) in [6.07, 6.45) is -0.602. The number of hydrogen-bond acceptors (Lipinski definition) is 7. The first-order valence-corrected chi connectivity index (χ1v) is 8.31. The Morgan fingerprint density at radius 1 is 0.962 bits per heavy atom. The molecule has 0 aliphatic rings. The fourth-order valence-corrected chi connectivity index (χ4v) is 2.07. The lowest BCUT2D eigenvalue weighted by atomic mass is 10.0. The molecule has 0 aromatic carbocycles. The minimum Gasteiger partial charge on any atom is -0.481 e. The highest BCUT2D eigenvalue weighted by Crippen LogP contribution is 2.04. The van der Waals surface area contributed by atoms with Crippen LogP contribution in [-0.2, 0) is 24.0 Å². The molecule has 7 N–H and O–H groups in total. The lowest BCUT2D eigenvalue weighted by molar-refractivity contribution is -0.140. The van der Waals surface area contributed by atoms with E-state index < -0.39 is 66.7 Å². The smallest absolute Gasteiger partial charge is 0.322 e. The Balaban J connectivity index is 4.94. The molecule has 0 aliphatic heterocycles. The van der Waals surface area contributed by atoms with Gasteiger partial charge in [0.25, 0.3) is 0 Å². The monoisotopic (exact) mass is 392 g/mol. The summed E-state index contributed by atoms with van der Waals surface area (Å²) in [5.74, 6) is -5.27. The quantitative estimate of drug-likeness (QED) is 0.189. The number of nitrogens with two attached hydrogens (primary N) is 1. The molecule has 0 aliphatic carbocycles. The predicted molar refractivity (Wildman–Crippen MR) is 93.4 cm³/mol. The number of nitrogens with one attached hydrogen (secondary N) is 3. The normalized spacial score (nSPS) is 14.0. The van der Waals surface area contributed by atoms with E-state index in [9.17, 15) is 24.0 Å². The van der Waals surface area contributed by atoms with E-state index in [-0.39, 0.29) is 5.75 Å². The Labute approximate surface area is 155 Å². The molecule has 0 aromatic rings. The fourth-order valence-electron chi connectivity index (χ4n) is 1.82. The molecule has 12 heteroatoms. The Hall–Kier alpha value is -2.34. The molecule has 0 heterocycles. The van der Waals surface area contributed by atoms with Crippen LogP contribution in [0.3, 0.4) is 0 Å². The van der Waals surface area contributed by atoms with Crippen LogP contribution in [-0.4, -0.2) is 70.3 Å². The van der Waals surface area contributed by atoms with Crippen molar-refractivity contribution in [1.29, 1.82) is 0 Å². The van der Waals surface area contributed by atoms with Gasteiger partial charge in [-0.1, -0.05) is 13.8 Å². The van der Waals surface area contributed by atoms with E-state index in [1.807, 2.05) is 0 Å². The Bertz CT molecular complexity index is 555. The molecule has 0 radical (unpaired) electrons. The summed E-state index contributed by atoms with van der Waals surface area (Å²) in [7, 11) is 0. The van der Waals surface area contributed by atoms with Crippen molar-refractivity contribution in [3.8, 4) is 0 Å². The lowest BCUT2D eigenvalue weighted by Crippen LogP contribution is -2.58. The van der Waals surface area contributed by atoms with E-state index in [2.05, 4.69) is 28.6 Å². The highest BCUT2D eigenvalue weighted by atomic mass is 32.1. The van der Waals surface area contributed by atoms with Gasteiger partial charge in [-0.05, 0) is 5.92 Å². The molecule has 3 atom stereocenters. The number of carboxylic acid groups (broad SMARTS) is 2. The third-order valence-corrected chi connectivity index (χ3v) is 3.57. The zero-order chi connectivity index (χ0) is 20.4. The Morgan fingerprint density at radius 3 is 1.96 bits per heavy atom. The second kappa shape index (κ2) is 11.3. The molecular weight excluding hydrogens is 368 g/mol. The highest BCUT2D eigenvalue weighted by molar-refractivity contribution is 7.80. The first kappa shape index (κ1) is 23.7. The molecule has 26 heavy (non-hydrogen) atoms. The maximum atomic E-state index is 12.4. The summed E-state index contributed by atoms with van der Waals surface area (Å²) in [6.45, 7) is 2.65. The second-order valence-electron chi connectivity index (χ2n) is 5.79. The maximum Gasteiger partial charge on any atom is 0.322 e. The van der Waals surface area contributed by atoms with Crippen LogP contribution in [0.4, 0.5) is 0 Å². The van der Waals surface area contributed by atoms with Crippen LogP contribution in [0.15, 0.2) is 0 Å². The summed E-state index contributed by atoms with van der Waals surface area (Å²) in [5, 5.41) is 24.0. The van der Waals surface area contributed by atoms with Crippen molar-refractivity contribution in [2.24, 2.45) is 11.7 Å². The summed E-state index contributed by atoms with van der Waals surface area (Å²) in [5.41, 5.74) is 5.45. The minimum absolute atomic E-state index is 0.103. The van der Waals surface area contributed by atoms with Crippen LogP contribution >= 0.6 is 12.6 Å². The van der Waals surface area contributed by atoms with Crippen molar-refractivity contribution in [2.75, 3.05) is 12.3 Å². The average molecular weight is 392 g/mol. The molecule has 0 bridgehead atoms. The van der Waals surface area contributed by atoms with E-state index in [1.54, 1.807) is 13.8 Å². The molecular formula is C14H24N4O7S. The molecule has 0 saturated carbocycles. The van der Waals surface area contributed by atoms with Crippen molar-refractivity contribution >= 4 is 42.3 Å². The van der Waals surface area contributed by atoms with Crippen LogP contribution in [0.5, 0.6) is 0 Å². The standard InChI is InChI=1S/C14H24N4O7S/c1-6(2)11(18-12(23)7(15)3-9(19)20)14(25)17-8(5-26)13(24)16-4-10(21)22/h6-8,11,26H,3-5,15H2,1-2H3,(H,16,24)(H,17,25)(H,18,23)(H,19,20)(H,21,22). The van der Waals surface area contributed by atoms with Crippen molar-refractivity contribution in [2.45, 2.75) is 38.4 Å². The SMILES string of the molecule is CC(C)C(NC(=O)C(N)CC(=O)O)C(=O)NC(CS)C(=O)NCC(=O)O. The minimum atomic E-state index is -1.33. The second-order valence-corrected chi connectivity index (χ2v) is 6.16. The number of rotatable bonds is 11. The van der Waals surface area contributed by atoms with Crippen LogP contribution in [0.2, 0.25) is 0 Å². The van der Waals surface area contributed by atoms with Gasteiger partial charge in [-0.2, -0.15) is 12.6 Å². The maximum absolute atomic E-state index is 12.4. The van der Waals surface area contributed by atoms with Crippen molar-refractivity contribution < 1.29 is 34.2 Å². The van der Waals surface area contributed by atoms with E-state index in [4.69, 9.17) is 15.9 Å². The van der Waals surface area contributed by atoms with Crippen molar-refractivity contribution in [1.82, 2.24) is 16.0 Å². The molecule has 0 saturated heterocycles. The zero-order valence-electron chi connectivity index (χ0n) is 14.4. The summed E-state index contributed by atoms with van der Waals surface area (Å²) >= 11 is 3.94. The number of aliphatic carboxylic acids is 2. The molecule has 0 spiro atoms. The first-order valence-electron chi connectivity index (χ1n) is 7.68. The molecule has 148 valence electrons. The number of carboxylic acids is 2. The van der Waals surface area contributed by atoms with E-state index in [0.717, 1.165) is 0 Å². The largest absolute Gasteiger partial charge is 0.481 e. The molecule has 0 aromatic heterocycles. The number of carbonyl (C=O) groups is 5. The lowest BCUT2D eigenvalue weighted by Gasteiger charge is -2.25. The third kappa shape index (κ3) is 8.67. The average Bonchev–Trinajstić information content (AvgIpc) is 2.53. The molecule has 11 nitrogen and oxygen atoms in total. The predicted octanol–water partition coefficient (Wildman–Crippen LogP) is -2.46. The molecule has 3 unspecified atom stereocenters. The number of hydrogen-bond donors (Lipinski definition) is 7. The van der Waals surface area contributed by atoms with Gasteiger partial charge in [0.2, 0.25) is 17.7 Å². The Morgan fingerprint density at radius 2 is 1.54 bits per heavy atom. The molecule has 0 rings (SSSR count). The topological polar surface area (TPSA) is 188 Å². The third-order valence-electron chi connectivity index (χ3n) is 3.21. The molecule has 0 fully saturated rings. The van der Waals surface area contributed by atoms with E-state index in [0.29, 0.717) is 0 Å². The number of carbonyl (C=O) groups excluding carboxylic acids is 3. The highest BCUT2D eigenvalue weighted by Gasteiger charge is 2.30. The summed E-state index contributed by atoms with van der Waals surface area (Å²) < 4.78 is 0. The fraction of sp³-hybridized carbons (Fsp3) is 0.643. The van der Waals surface area contributed by atoms with Crippen LogP contribution in [0.1, 0.15) is 20.3 Å². The molecule has 3 amide bonds. The van der Waals surface area contributed by atoms with Gasteiger partial charge in [-0.25, -0.2) is 0 Å². The van der Waals surface area contributed by atoms with E-state index >= 15 is 0 Å². The van der Waals surface area contributed by atoms with Crippen molar-refractivity contribution in [3.63, 3.8) is 0 Å². The van der Waals surface area contributed by atoms with Gasteiger partial charge in [-0.3, -0.25) is 24.0 Å². The van der Waals surface area contributed by atoms with Crippen molar-refractivity contribution in [3.05, 3.63) is 0 Å². The Kier molecular flexibility index (Phi) is 10.3. The van der Waals surface area contributed by atoms with Gasteiger partial charge < -0.3 is 31.9 Å². The van der Waals surface area contributed by atoms with Gasteiger partial charge in [0.05, 0.1) is 12.5 Å². The summed E-state index contributed by atoms with van der Waals surface area (Å²) in [6, 6.07) is -3.52. The van der Waals surface area contributed by atoms with Crippen LogP contribution in [0, 0.1) is 5.92 Å². The zero-order valence-corrected chi connectivity index (χ0v) is 15.3. The van der Waals surface area contributed by atoms with Gasteiger partial charge in [0.15, 0.2) is 0 Å². The van der Waals surface area contributed by atoms with Gasteiger partial charge in [0.1, 0.15) is 18.6 Å². The summed E-state index contributed by atoms with van der Waals surface area (Å²) in [4.78, 5) is 57.2. The first-order chi connectivity index (χ1) is 12.0. The van der Waals surface area contributed by atoms with Crippen LogP contribution in [0.25, 0.3) is 0 Å². The van der Waals surface area contributed by atoms with E-state index in [1.165, 1.54) is 0 Å². The number of amides is 3. The van der Waals surface area contributed by atoms with Gasteiger partial charge in [0, 0.05) is 5.75 Å². The van der Waals surface area contributed by atoms with Gasteiger partial charge >= 0.3 is 11.9 Å². The van der Waals surface area contributed by atoms with Gasteiger partial charge in [-0.15, -0.1) is 0 Å². The van der Waals surface area contributed by atoms with Crippen LogP contribution < -0.4 is 21.7 Å². The number of thiol groups is 1.